The second-order valence-electron chi connectivity index (χ2n) is 9.34. The molecule has 2 aliphatic carbocycles. The lowest BCUT2D eigenvalue weighted by Crippen LogP contribution is -2.31. The normalized spacial score (nSPS) is 17.4. The lowest BCUT2D eigenvalue weighted by molar-refractivity contribution is 0.0591. The first-order chi connectivity index (χ1) is 16.5. The number of methoxy groups -OCH3 is 2. The van der Waals surface area contributed by atoms with Crippen molar-refractivity contribution in [1.29, 1.82) is 0 Å². The van der Waals surface area contributed by atoms with Gasteiger partial charge in [0.15, 0.2) is 0 Å². The Balaban J connectivity index is 0.000000375. The highest BCUT2D eigenvalue weighted by atomic mass is 32.2. The zero-order valence-corrected chi connectivity index (χ0v) is 22.5. The fourth-order valence-corrected chi connectivity index (χ4v) is 6.20. The number of aryl methyl sites for hydroxylation is 2. The van der Waals surface area contributed by atoms with Crippen LogP contribution in [-0.4, -0.2) is 40.3 Å². The van der Waals surface area contributed by atoms with Gasteiger partial charge in [-0.05, 0) is 78.1 Å². The van der Waals surface area contributed by atoms with E-state index in [2.05, 4.69) is 9.46 Å². The van der Waals surface area contributed by atoms with Crippen molar-refractivity contribution in [2.45, 2.75) is 59.0 Å². The standard InChI is InChI=1S/C15H21NO4S.C11H13NO2.CH4.CH3/c1-10(2)9-21(18,19)16-14-7-6-11-4-5-12(8-13(11)14)15(17)20-3;1-14-11(13)8-3-2-7-4-5-10(12)9(7)6-8;;/h4-5,8,10,14,16H,6-7,9H2,1-3H3;2-3,6,10H,4-5,12H2,1H3;1H4;1H3/q;;;-1/t14-;10-;;/m11../s1. The summed E-state index contributed by atoms with van der Waals surface area (Å²) in [6.07, 6.45) is 3.51. The van der Waals surface area contributed by atoms with Crippen LogP contribution in [0.15, 0.2) is 36.4 Å². The molecular formula is C28H41N2O6S-. The van der Waals surface area contributed by atoms with Gasteiger partial charge in [0.05, 0.1) is 31.1 Å². The number of hydrogen-bond acceptors (Lipinski definition) is 7. The van der Waals surface area contributed by atoms with Gasteiger partial charge in [-0.1, -0.05) is 33.4 Å². The first-order valence-corrected chi connectivity index (χ1v) is 13.4. The molecule has 0 saturated heterocycles. The number of hydrogen-bond donors (Lipinski definition) is 2. The molecule has 37 heavy (non-hydrogen) atoms. The summed E-state index contributed by atoms with van der Waals surface area (Å²) in [7, 11) is -0.596. The quantitative estimate of drug-likeness (QED) is 0.412. The highest BCUT2D eigenvalue weighted by Crippen LogP contribution is 2.33. The van der Waals surface area contributed by atoms with Crippen molar-refractivity contribution in [3.8, 4) is 0 Å². The van der Waals surface area contributed by atoms with E-state index in [4.69, 9.17) is 10.5 Å². The van der Waals surface area contributed by atoms with Crippen molar-refractivity contribution in [1.82, 2.24) is 4.72 Å². The molecular weight excluding hydrogens is 492 g/mol. The summed E-state index contributed by atoms with van der Waals surface area (Å²) >= 11 is 0. The average Bonchev–Trinajstić information content (AvgIpc) is 3.39. The Morgan fingerprint density at radius 3 is 1.95 bits per heavy atom. The monoisotopic (exact) mass is 533 g/mol. The van der Waals surface area contributed by atoms with Crippen LogP contribution in [0.5, 0.6) is 0 Å². The van der Waals surface area contributed by atoms with Crippen molar-refractivity contribution in [3.05, 3.63) is 77.2 Å². The van der Waals surface area contributed by atoms with E-state index in [1.165, 1.54) is 19.8 Å². The number of benzene rings is 2. The van der Waals surface area contributed by atoms with Crippen molar-refractivity contribution < 1.29 is 27.5 Å². The highest BCUT2D eigenvalue weighted by molar-refractivity contribution is 7.89. The van der Waals surface area contributed by atoms with E-state index in [1.54, 1.807) is 18.2 Å². The zero-order chi connectivity index (χ0) is 25.8. The van der Waals surface area contributed by atoms with Crippen LogP contribution >= 0.6 is 0 Å². The van der Waals surface area contributed by atoms with Gasteiger partial charge in [0.1, 0.15) is 0 Å². The molecule has 9 heteroatoms. The van der Waals surface area contributed by atoms with Gasteiger partial charge in [-0.25, -0.2) is 22.7 Å². The first kappa shape index (κ1) is 32.3. The van der Waals surface area contributed by atoms with Crippen molar-refractivity contribution >= 4 is 22.0 Å². The predicted molar refractivity (Wildman–Crippen MR) is 147 cm³/mol. The highest BCUT2D eigenvalue weighted by Gasteiger charge is 2.28. The molecule has 0 aliphatic heterocycles. The smallest absolute Gasteiger partial charge is 0.337 e. The molecule has 0 aromatic heterocycles. The Labute approximate surface area is 222 Å². The van der Waals surface area contributed by atoms with E-state index in [0.717, 1.165) is 42.4 Å². The SMILES string of the molecule is C.COC(=O)c1ccc2c(c1)[C@H](N)CC2.COC(=O)c1ccc2c(c1)[C@H](NS(=O)(=O)CC(C)C)CC2.[CH3-]. The Hall–Kier alpha value is -2.75. The lowest BCUT2D eigenvalue weighted by atomic mass is 10.0. The fraction of sp³-hybridized carbons (Fsp3) is 0.464. The first-order valence-electron chi connectivity index (χ1n) is 11.7. The predicted octanol–water partition coefficient (Wildman–Crippen LogP) is 4.54. The molecule has 3 N–H and O–H groups in total. The molecule has 8 nitrogen and oxygen atoms in total. The summed E-state index contributed by atoms with van der Waals surface area (Å²) in [4.78, 5) is 22.8. The van der Waals surface area contributed by atoms with Gasteiger partial charge >= 0.3 is 11.9 Å². The van der Waals surface area contributed by atoms with Crippen molar-refractivity contribution in [2.24, 2.45) is 11.7 Å². The molecule has 0 fully saturated rings. The minimum Gasteiger partial charge on any atom is -0.465 e. The maximum absolute atomic E-state index is 12.1. The van der Waals surface area contributed by atoms with Gasteiger partial charge in [-0.15, -0.1) is 0 Å². The van der Waals surface area contributed by atoms with Crippen LogP contribution in [0.1, 0.15) is 89.2 Å². The van der Waals surface area contributed by atoms with Gasteiger partial charge in [-0.3, -0.25) is 0 Å². The molecule has 2 aromatic rings. The molecule has 0 amide bonds. The van der Waals surface area contributed by atoms with Crippen LogP contribution < -0.4 is 10.5 Å². The summed E-state index contributed by atoms with van der Waals surface area (Å²) < 4.78 is 36.3. The van der Waals surface area contributed by atoms with Crippen molar-refractivity contribution in [2.75, 3.05) is 20.0 Å². The summed E-state index contributed by atoms with van der Waals surface area (Å²) in [5, 5.41) is 0. The Morgan fingerprint density at radius 1 is 0.946 bits per heavy atom. The number of esters is 2. The molecule has 0 heterocycles. The second-order valence-corrected chi connectivity index (χ2v) is 11.1. The van der Waals surface area contributed by atoms with Gasteiger partial charge in [0, 0.05) is 12.1 Å². The largest absolute Gasteiger partial charge is 0.465 e. The summed E-state index contributed by atoms with van der Waals surface area (Å²) in [6.45, 7) is 3.74. The Kier molecular flexibility index (Phi) is 11.9. The molecule has 0 saturated carbocycles. The number of rotatable bonds is 6. The number of sulfonamides is 1. The van der Waals surface area contributed by atoms with Crippen LogP contribution in [-0.2, 0) is 32.3 Å². The van der Waals surface area contributed by atoms with E-state index < -0.39 is 16.0 Å². The summed E-state index contributed by atoms with van der Waals surface area (Å²) in [5.41, 5.74) is 11.3. The fourth-order valence-electron chi connectivity index (χ4n) is 4.55. The number of nitrogens with one attached hydrogen (secondary N) is 1. The minimum absolute atomic E-state index is 0. The third kappa shape index (κ3) is 8.12. The topological polar surface area (TPSA) is 125 Å². The van der Waals surface area contributed by atoms with Gasteiger partial charge in [0.25, 0.3) is 0 Å². The lowest BCUT2D eigenvalue weighted by Gasteiger charge is -2.16. The Morgan fingerprint density at radius 2 is 1.43 bits per heavy atom. The van der Waals surface area contributed by atoms with Gasteiger partial charge in [0.2, 0.25) is 10.0 Å². The van der Waals surface area contributed by atoms with E-state index in [1.807, 2.05) is 32.0 Å². The van der Waals surface area contributed by atoms with E-state index >= 15 is 0 Å². The summed E-state index contributed by atoms with van der Waals surface area (Å²) in [5.74, 6) is -0.527. The maximum atomic E-state index is 12.1. The third-order valence-electron chi connectivity index (χ3n) is 6.21. The molecule has 0 radical (unpaired) electrons. The number of ether oxygens (including phenoxy) is 2. The summed E-state index contributed by atoms with van der Waals surface area (Å²) in [6, 6.07) is 10.8. The number of carbonyl (C=O) groups excluding carboxylic acids is 2. The maximum Gasteiger partial charge on any atom is 0.337 e. The molecule has 206 valence electrons. The molecule has 0 unspecified atom stereocenters. The van der Waals surface area contributed by atoms with Crippen LogP contribution in [0.25, 0.3) is 0 Å². The van der Waals surface area contributed by atoms with E-state index in [0.29, 0.717) is 11.1 Å². The zero-order valence-electron chi connectivity index (χ0n) is 21.7. The van der Waals surface area contributed by atoms with Crippen LogP contribution in [0.3, 0.4) is 0 Å². The van der Waals surface area contributed by atoms with Gasteiger partial charge < -0.3 is 22.6 Å². The molecule has 2 aromatic carbocycles. The average molecular weight is 534 g/mol. The second kappa shape index (κ2) is 13.7. The van der Waals surface area contributed by atoms with Crippen LogP contribution in [0, 0.1) is 13.3 Å². The number of fused-ring (bicyclic) bond motifs is 2. The van der Waals surface area contributed by atoms with Crippen LogP contribution in [0.4, 0.5) is 0 Å². The van der Waals surface area contributed by atoms with E-state index in [-0.39, 0.29) is 44.6 Å². The van der Waals surface area contributed by atoms with Crippen LogP contribution in [0.2, 0.25) is 0 Å². The number of carbonyl (C=O) groups is 2. The minimum atomic E-state index is -3.31. The van der Waals surface area contributed by atoms with E-state index in [9.17, 15) is 18.0 Å². The molecule has 2 atom stereocenters. The molecule has 4 rings (SSSR count). The van der Waals surface area contributed by atoms with Gasteiger partial charge in [-0.2, -0.15) is 0 Å². The van der Waals surface area contributed by atoms with Crippen molar-refractivity contribution in [3.63, 3.8) is 0 Å². The third-order valence-corrected chi connectivity index (χ3v) is 7.96. The molecule has 0 spiro atoms. The molecule has 0 bridgehead atoms. The Bertz CT molecular complexity index is 1190. The number of nitrogens with two attached hydrogens (primary N) is 1. The molecule has 2 aliphatic rings.